The normalized spacial score (nSPS) is 9.00. The molecule has 0 N–H and O–H groups in total. The first kappa shape index (κ1) is 10.7. The quantitative estimate of drug-likeness (QED) is 0.624. The second kappa shape index (κ2) is 4.55. The van der Waals surface area contributed by atoms with Crippen molar-refractivity contribution in [1.82, 2.24) is 0 Å². The van der Waals surface area contributed by atoms with Gasteiger partial charge in [0.25, 0.3) is 0 Å². The SMILES string of the molecule is C.Cc1ccc(C)c(CBr)c1. The first-order chi connectivity index (χ1) is 4.74. The number of alkyl halides is 1. The maximum Gasteiger partial charge on any atom is 0.0285 e. The summed E-state index contributed by atoms with van der Waals surface area (Å²) in [4.78, 5) is 0. The molecule has 62 valence electrons. The van der Waals surface area contributed by atoms with Crippen LogP contribution in [0.5, 0.6) is 0 Å². The summed E-state index contributed by atoms with van der Waals surface area (Å²) in [6.45, 7) is 4.25. The molecular weight excluding hydrogens is 200 g/mol. The van der Waals surface area contributed by atoms with Gasteiger partial charge in [-0.3, -0.25) is 0 Å². The van der Waals surface area contributed by atoms with Gasteiger partial charge in [-0.05, 0) is 25.0 Å². The van der Waals surface area contributed by atoms with Crippen LogP contribution in [0.15, 0.2) is 18.2 Å². The van der Waals surface area contributed by atoms with Gasteiger partial charge in [0.05, 0.1) is 0 Å². The Morgan fingerprint density at radius 1 is 1.27 bits per heavy atom. The molecule has 0 nitrogen and oxygen atoms in total. The second-order valence-electron chi connectivity index (χ2n) is 2.56. The van der Waals surface area contributed by atoms with E-state index < -0.39 is 0 Å². The smallest absolute Gasteiger partial charge is 0.0285 e. The molecule has 0 saturated carbocycles. The standard InChI is InChI=1S/C9H11Br.CH4/c1-7-3-4-8(2)9(5-7)6-10;/h3-5H,6H2,1-2H3;1H4. The maximum atomic E-state index is 3.44. The topological polar surface area (TPSA) is 0 Å². The number of benzene rings is 1. The van der Waals surface area contributed by atoms with Crippen molar-refractivity contribution in [3.63, 3.8) is 0 Å². The summed E-state index contributed by atoms with van der Waals surface area (Å²) in [5.41, 5.74) is 4.09. The van der Waals surface area contributed by atoms with Gasteiger partial charge in [-0.25, -0.2) is 0 Å². The van der Waals surface area contributed by atoms with Gasteiger partial charge in [0.2, 0.25) is 0 Å². The minimum absolute atomic E-state index is 0. The molecule has 0 saturated heterocycles. The van der Waals surface area contributed by atoms with Crippen molar-refractivity contribution < 1.29 is 0 Å². The number of rotatable bonds is 1. The molecule has 0 fully saturated rings. The third-order valence-electron chi connectivity index (χ3n) is 1.65. The fourth-order valence-electron chi connectivity index (χ4n) is 0.944. The Labute approximate surface area is 77.8 Å². The summed E-state index contributed by atoms with van der Waals surface area (Å²) >= 11 is 3.44. The molecule has 0 radical (unpaired) electrons. The molecule has 0 aliphatic carbocycles. The Hall–Kier alpha value is -0.300. The van der Waals surface area contributed by atoms with Crippen LogP contribution in [0.25, 0.3) is 0 Å². The first-order valence-corrected chi connectivity index (χ1v) is 4.48. The number of aryl methyl sites for hydroxylation is 2. The third-order valence-corrected chi connectivity index (χ3v) is 2.25. The van der Waals surface area contributed by atoms with Crippen LogP contribution in [0.1, 0.15) is 24.1 Å². The first-order valence-electron chi connectivity index (χ1n) is 3.36. The molecule has 0 amide bonds. The van der Waals surface area contributed by atoms with Crippen molar-refractivity contribution in [2.75, 3.05) is 0 Å². The van der Waals surface area contributed by atoms with Gasteiger partial charge in [-0.15, -0.1) is 0 Å². The highest BCUT2D eigenvalue weighted by Gasteiger charge is 1.94. The molecule has 1 aromatic carbocycles. The number of hydrogen-bond donors (Lipinski definition) is 0. The Morgan fingerprint density at radius 2 is 1.91 bits per heavy atom. The highest BCUT2D eigenvalue weighted by atomic mass is 79.9. The zero-order valence-corrected chi connectivity index (χ0v) is 7.90. The van der Waals surface area contributed by atoms with Crippen LogP contribution in [0.2, 0.25) is 0 Å². The van der Waals surface area contributed by atoms with E-state index in [9.17, 15) is 0 Å². The Morgan fingerprint density at radius 3 is 2.36 bits per heavy atom. The maximum absolute atomic E-state index is 3.44. The molecule has 0 heterocycles. The average molecular weight is 215 g/mol. The summed E-state index contributed by atoms with van der Waals surface area (Å²) in [7, 11) is 0. The van der Waals surface area contributed by atoms with Crippen molar-refractivity contribution in [3.8, 4) is 0 Å². The van der Waals surface area contributed by atoms with Crippen LogP contribution in [0, 0.1) is 13.8 Å². The van der Waals surface area contributed by atoms with Crippen molar-refractivity contribution in [1.29, 1.82) is 0 Å². The second-order valence-corrected chi connectivity index (χ2v) is 3.12. The van der Waals surface area contributed by atoms with Crippen LogP contribution in [-0.4, -0.2) is 0 Å². The zero-order valence-electron chi connectivity index (χ0n) is 6.32. The predicted molar refractivity (Wildman–Crippen MR) is 55.3 cm³/mol. The van der Waals surface area contributed by atoms with E-state index in [1.165, 1.54) is 16.7 Å². The minimum atomic E-state index is 0. The van der Waals surface area contributed by atoms with Gasteiger partial charge in [0.15, 0.2) is 0 Å². The molecule has 11 heavy (non-hydrogen) atoms. The Kier molecular flexibility index (Phi) is 4.43. The van der Waals surface area contributed by atoms with Gasteiger partial charge in [0.1, 0.15) is 0 Å². The van der Waals surface area contributed by atoms with Crippen LogP contribution in [0.4, 0.5) is 0 Å². The van der Waals surface area contributed by atoms with E-state index in [0.717, 1.165) is 5.33 Å². The van der Waals surface area contributed by atoms with Gasteiger partial charge in [-0.1, -0.05) is 47.1 Å². The summed E-state index contributed by atoms with van der Waals surface area (Å²) < 4.78 is 0. The van der Waals surface area contributed by atoms with Crippen molar-refractivity contribution in [3.05, 3.63) is 34.9 Å². The highest BCUT2D eigenvalue weighted by Crippen LogP contribution is 2.13. The molecule has 1 aromatic rings. The monoisotopic (exact) mass is 214 g/mol. The molecule has 0 aliphatic rings. The van der Waals surface area contributed by atoms with E-state index in [4.69, 9.17) is 0 Å². The molecule has 1 heteroatoms. The van der Waals surface area contributed by atoms with Crippen LogP contribution >= 0.6 is 15.9 Å². The van der Waals surface area contributed by atoms with E-state index in [0.29, 0.717) is 0 Å². The number of hydrogen-bond acceptors (Lipinski definition) is 0. The summed E-state index contributed by atoms with van der Waals surface area (Å²) in [5.74, 6) is 0. The average Bonchev–Trinajstić information content (AvgIpc) is 1.94. The van der Waals surface area contributed by atoms with Gasteiger partial charge < -0.3 is 0 Å². The van der Waals surface area contributed by atoms with E-state index in [-0.39, 0.29) is 7.43 Å². The summed E-state index contributed by atoms with van der Waals surface area (Å²) in [6.07, 6.45) is 0. The van der Waals surface area contributed by atoms with Crippen LogP contribution in [-0.2, 0) is 5.33 Å². The van der Waals surface area contributed by atoms with Gasteiger partial charge in [-0.2, -0.15) is 0 Å². The molecule has 0 bridgehead atoms. The third kappa shape index (κ3) is 2.66. The lowest BCUT2D eigenvalue weighted by Crippen LogP contribution is -1.84. The number of halogens is 1. The highest BCUT2D eigenvalue weighted by molar-refractivity contribution is 9.08. The molecule has 1 rings (SSSR count). The van der Waals surface area contributed by atoms with E-state index in [2.05, 4.69) is 48.0 Å². The van der Waals surface area contributed by atoms with E-state index in [1.807, 2.05) is 0 Å². The van der Waals surface area contributed by atoms with Crippen molar-refractivity contribution >= 4 is 15.9 Å². The lowest BCUT2D eigenvalue weighted by atomic mass is 10.1. The Bertz CT molecular complexity index is 228. The van der Waals surface area contributed by atoms with Gasteiger partial charge >= 0.3 is 0 Å². The molecule has 0 aromatic heterocycles. The van der Waals surface area contributed by atoms with Crippen molar-refractivity contribution in [2.45, 2.75) is 26.6 Å². The van der Waals surface area contributed by atoms with E-state index >= 15 is 0 Å². The molecule has 0 aliphatic heterocycles. The fraction of sp³-hybridized carbons (Fsp3) is 0.400. The summed E-state index contributed by atoms with van der Waals surface area (Å²) in [6, 6.07) is 6.51. The van der Waals surface area contributed by atoms with Crippen LogP contribution in [0.3, 0.4) is 0 Å². The predicted octanol–water partition coefficient (Wildman–Crippen LogP) is 3.83. The van der Waals surface area contributed by atoms with Crippen LogP contribution < -0.4 is 0 Å². The molecule has 0 unspecified atom stereocenters. The molecule has 0 atom stereocenters. The Balaban J connectivity index is 0.000001000. The molecule has 0 spiro atoms. The van der Waals surface area contributed by atoms with Gasteiger partial charge in [0, 0.05) is 5.33 Å². The minimum Gasteiger partial charge on any atom is -0.0876 e. The molecular formula is C10H15Br. The largest absolute Gasteiger partial charge is 0.0876 e. The fourth-order valence-corrected chi connectivity index (χ4v) is 1.55. The lowest BCUT2D eigenvalue weighted by molar-refractivity contribution is 1.28. The van der Waals surface area contributed by atoms with E-state index in [1.54, 1.807) is 0 Å². The summed E-state index contributed by atoms with van der Waals surface area (Å²) in [5, 5.41) is 0.959. The lowest BCUT2D eigenvalue weighted by Gasteiger charge is -2.01. The van der Waals surface area contributed by atoms with Crippen molar-refractivity contribution in [2.24, 2.45) is 0 Å². The zero-order chi connectivity index (χ0) is 7.56.